The molecule has 0 spiro atoms. The first-order valence-corrected chi connectivity index (χ1v) is 22.2. The molecule has 0 aliphatic heterocycles. The topological polar surface area (TPSA) is 571 Å². The molecule has 0 saturated heterocycles. The monoisotopic (exact) mass is 1420 g/mol. The molecule has 0 radical (unpaired) electrons. The molecule has 0 amide bonds. The van der Waals surface area contributed by atoms with E-state index < -0.39 is 0 Å². The average Bonchev–Trinajstić information content (AvgIpc) is 3.39. The van der Waals surface area contributed by atoms with Crippen LogP contribution in [0.2, 0.25) is 0 Å². The van der Waals surface area contributed by atoms with Crippen molar-refractivity contribution in [3.63, 3.8) is 0 Å². The Labute approximate surface area is 377 Å². The minimum absolute atomic E-state index is 0. The summed E-state index contributed by atoms with van der Waals surface area (Å²) in [6.45, 7) is 114. The van der Waals surface area contributed by atoms with Gasteiger partial charge >= 0.3 is 96.7 Å². The summed E-state index contributed by atoms with van der Waals surface area (Å²) in [6.07, 6.45) is 0. The Hall–Kier alpha value is -8.25. The van der Waals surface area contributed by atoms with Gasteiger partial charge in [0, 0.05) is 0 Å². The Bertz CT molecular complexity index is 683. The molecule has 0 rings (SSSR count). The van der Waals surface area contributed by atoms with Gasteiger partial charge in [0.05, 0.1) is 0 Å². The van der Waals surface area contributed by atoms with E-state index in [1.54, 1.807) is 0 Å². The van der Waals surface area contributed by atoms with Crippen LogP contribution < -0.4 is 0 Å². The molecule has 31 heteroatoms. The fourth-order valence-electron chi connectivity index (χ4n) is 0. The van der Waals surface area contributed by atoms with Crippen molar-refractivity contribution in [3.05, 3.63) is 158 Å². The molecule has 0 atom stereocenters. The van der Waals surface area contributed by atoms with Gasteiger partial charge < -0.3 is 284 Å². The van der Waals surface area contributed by atoms with E-state index in [2.05, 4.69) is 52.3 Å². The molecule has 0 aromatic rings. The molecule has 0 heterocycles. The molecule has 0 aliphatic carbocycles. The van der Waals surface area contributed by atoms with Crippen molar-refractivity contribution in [1.29, 1.82) is 126 Å². The smallest absolute Gasteiger partial charge is 4.00 e. The molecular formula is C24Fe4N24Os3-20. The van der Waals surface area contributed by atoms with Gasteiger partial charge in [0.2, 0.25) is 0 Å². The Morgan fingerprint density at radius 2 is 0.145 bits per heavy atom. The van der Waals surface area contributed by atoms with Gasteiger partial charge in [-0.1, -0.05) is 0 Å². The fraction of sp³-hybridized carbons (Fsp3) is 0. The van der Waals surface area contributed by atoms with Crippen LogP contribution in [0.5, 0.6) is 0 Å². The van der Waals surface area contributed by atoms with Crippen LogP contribution in [0.25, 0.3) is 0 Å². The molecule has 0 aliphatic rings. The van der Waals surface area contributed by atoms with E-state index >= 15 is 0 Å². The molecule has 0 aromatic heterocycles. The van der Waals surface area contributed by atoms with E-state index in [1.165, 1.54) is 0 Å². The Balaban J connectivity index is -0.00000000593. The van der Waals surface area contributed by atoms with E-state index in [-0.39, 0.29) is 44.4 Å². The van der Waals surface area contributed by atoms with Crippen LogP contribution in [-0.2, 0) is 96.7 Å². The van der Waals surface area contributed by atoms with Crippen molar-refractivity contribution in [3.8, 4) is 0 Å². The van der Waals surface area contributed by atoms with E-state index in [1.807, 2.05) is 0 Å². The summed E-state index contributed by atoms with van der Waals surface area (Å²) in [4.78, 5) is 0. The number of nitrogens with zero attached hydrogens (tertiary/aromatic N) is 24. The maximum atomic E-state index is 6.25. The maximum Gasteiger partial charge on any atom is 4.00 e. The molecule has 0 fully saturated rings. The molecule has 0 bridgehead atoms. The molecule has 55 heavy (non-hydrogen) atoms. The molecule has 0 saturated carbocycles. The van der Waals surface area contributed by atoms with E-state index in [9.17, 15) is 0 Å². The summed E-state index contributed by atoms with van der Waals surface area (Å²) < 4.78 is 0. The predicted octanol–water partition coefficient (Wildman–Crippen LogP) is 2.30. The van der Waals surface area contributed by atoms with Gasteiger partial charge in [-0.2, -0.15) is 0 Å². The maximum absolute atomic E-state index is 6.25. The summed E-state index contributed by atoms with van der Waals surface area (Å²) in [5.41, 5.74) is 0. The van der Waals surface area contributed by atoms with Crippen molar-refractivity contribution in [2.75, 3.05) is 0 Å². The van der Waals surface area contributed by atoms with Gasteiger partial charge in [-0.05, 0) is 0 Å². The van der Waals surface area contributed by atoms with Gasteiger partial charge in [-0.3, -0.25) is 0 Å². The molecule has 0 N–H and O–H groups in total. The van der Waals surface area contributed by atoms with Crippen molar-refractivity contribution < 1.29 is 96.7 Å². The van der Waals surface area contributed by atoms with Crippen LogP contribution in [-0.4, -0.2) is 0 Å². The van der Waals surface area contributed by atoms with Crippen LogP contribution in [0.15, 0.2) is 0 Å². The summed E-state index contributed by atoms with van der Waals surface area (Å²) in [6, 6.07) is 0. The summed E-state index contributed by atoms with van der Waals surface area (Å²) in [7, 11) is 0. The molecule has 24 nitrogen and oxygen atoms in total. The second kappa shape index (κ2) is 2340. The van der Waals surface area contributed by atoms with Crippen molar-refractivity contribution in [2.24, 2.45) is 0 Å². The summed E-state index contributed by atoms with van der Waals surface area (Å²) >= 11 is 13.9. The van der Waals surface area contributed by atoms with Crippen LogP contribution in [0, 0.1) is 284 Å². The van der Waals surface area contributed by atoms with Gasteiger partial charge in [-0.15, -0.1) is 0 Å². The largest absolute Gasteiger partial charge is 4.00 e. The Kier molecular flexibility index (Phi) is 10700. The second-order valence-electron chi connectivity index (χ2n) is 0.0884. The van der Waals surface area contributed by atoms with E-state index in [0.29, 0.717) is 0 Å². The van der Waals surface area contributed by atoms with Gasteiger partial charge in [0.15, 0.2) is 0 Å². The third-order valence-electron chi connectivity index (χ3n) is 0. The van der Waals surface area contributed by atoms with E-state index in [4.69, 9.17) is 284 Å². The van der Waals surface area contributed by atoms with Crippen LogP contribution in [0.1, 0.15) is 0 Å². The zero-order valence-electron chi connectivity index (χ0n) is 25.2. The Morgan fingerprint density at radius 1 is 0.145 bits per heavy atom. The standard InChI is InChI=1S/24CN.4Fe.3Os/c24*1-2;;;;;;;/q24*-1;;;;;;;+4. The third-order valence-corrected chi connectivity index (χ3v) is 0. The fourth-order valence-corrected chi connectivity index (χ4v) is 0. The van der Waals surface area contributed by atoms with E-state index in [0.717, 1.165) is 0 Å². The number of rotatable bonds is 0. The van der Waals surface area contributed by atoms with Gasteiger partial charge in [0.1, 0.15) is 0 Å². The van der Waals surface area contributed by atoms with Crippen LogP contribution >= 0.6 is 0 Å². The van der Waals surface area contributed by atoms with Crippen molar-refractivity contribution in [1.82, 2.24) is 0 Å². The first-order valence-electron chi connectivity index (χ1n) is 5.87. The van der Waals surface area contributed by atoms with Crippen LogP contribution in [0.3, 0.4) is 0 Å². The first kappa shape index (κ1) is 251. The normalized spacial score (nSPS) is 1.53. The molecule has 0 unspecified atom stereocenters. The molecular weight excluding hydrogens is 1420 g/mol. The zero-order chi connectivity index (χ0) is 53.4. The number of hydrogen-bond donors (Lipinski definition) is 0. The van der Waals surface area contributed by atoms with Crippen molar-refractivity contribution >= 4 is 0 Å². The zero-order valence-corrected chi connectivity index (χ0v) is 37.2. The van der Waals surface area contributed by atoms with Gasteiger partial charge in [0.25, 0.3) is 0 Å². The number of hydrogen-bond acceptors (Lipinski definition) is 24. The minimum atomic E-state index is -0.0833. The molecule has 0 aromatic carbocycles. The Morgan fingerprint density at radius 3 is 0.145 bits per heavy atom. The average molecular weight is 1420 g/mol. The predicted molar refractivity (Wildman–Crippen MR) is 119 cm³/mol. The quantitative estimate of drug-likeness (QED) is 0.248. The summed E-state index contributed by atoms with van der Waals surface area (Å²) in [5.74, 6) is 0. The third kappa shape index (κ3) is 1290. The first-order chi connectivity index (χ1) is 26.8. The molecule has 292 valence electrons. The SMILES string of the molecule is [C-]#N.[C-]#N.[C-]#N.[C-]#N.[C-]#N.[C-]#N.[C-]#N.[C-]#N.[C-]#N.[C-]#N.[C-]#N.[C-]#N.[C-]#N.[C-]#N.[C-]#N.[C-]#N.[C-]#N.[C-]#N.[C-]#N.[C-]#N.[C-]#N.[C-]#N.[C-]#N.[C-]#N.[Fe]=[Os]=[Fe].[Fe]=[Os]=[Fe].[Os+4]. The van der Waals surface area contributed by atoms with Crippen molar-refractivity contribution in [2.45, 2.75) is 0 Å². The summed E-state index contributed by atoms with van der Waals surface area (Å²) in [5, 5.41) is 150. The minimum Gasteiger partial charge on any atom is 4.00 e. The van der Waals surface area contributed by atoms with Gasteiger partial charge in [-0.25, -0.2) is 0 Å². The second-order valence-corrected chi connectivity index (χ2v) is 12.3. The van der Waals surface area contributed by atoms with Crippen LogP contribution in [0.4, 0.5) is 0 Å².